The van der Waals surface area contributed by atoms with E-state index in [4.69, 9.17) is 0 Å². The maximum Gasteiger partial charge on any atom is 0.150 e. The van der Waals surface area contributed by atoms with Crippen molar-refractivity contribution in [1.82, 2.24) is 0 Å². The number of nitrogens with zero attached hydrogens (tertiary/aromatic N) is 1. The molecule has 118 valence electrons. The van der Waals surface area contributed by atoms with Crippen LogP contribution in [0.4, 0.5) is 11.4 Å². The molecule has 3 aromatic carbocycles. The van der Waals surface area contributed by atoms with Gasteiger partial charge in [-0.2, -0.15) is 0 Å². The highest BCUT2D eigenvalue weighted by molar-refractivity contribution is 5.79. The minimum Gasteiger partial charge on any atom is -0.337 e. The number of benzene rings is 3. The normalized spacial score (nSPS) is 12.9. The Balaban J connectivity index is 1.84. The van der Waals surface area contributed by atoms with Crippen LogP contribution in [0.25, 0.3) is 0 Å². The van der Waals surface area contributed by atoms with Gasteiger partial charge in [-0.05, 0) is 53.8 Å². The number of hydrogen-bond acceptors (Lipinski definition) is 2. The molecule has 0 saturated heterocycles. The fourth-order valence-electron chi connectivity index (χ4n) is 3.46. The third kappa shape index (κ3) is 2.71. The molecule has 0 fully saturated rings. The number of aryl methyl sites for hydroxylation is 2. The van der Waals surface area contributed by atoms with E-state index in [1.165, 1.54) is 28.1 Å². The van der Waals surface area contributed by atoms with Gasteiger partial charge in [-0.25, -0.2) is 0 Å². The van der Waals surface area contributed by atoms with E-state index in [0.717, 1.165) is 31.2 Å². The Morgan fingerprint density at radius 2 is 1.50 bits per heavy atom. The van der Waals surface area contributed by atoms with E-state index in [1.54, 1.807) is 0 Å². The van der Waals surface area contributed by atoms with Gasteiger partial charge in [0.15, 0.2) is 0 Å². The highest BCUT2D eigenvalue weighted by Gasteiger charge is 2.20. The van der Waals surface area contributed by atoms with E-state index in [0.29, 0.717) is 0 Å². The molecule has 1 aliphatic heterocycles. The summed E-state index contributed by atoms with van der Waals surface area (Å²) in [5.41, 5.74) is 7.09. The molecule has 24 heavy (non-hydrogen) atoms. The lowest BCUT2D eigenvalue weighted by Gasteiger charge is -2.27. The first-order valence-electron chi connectivity index (χ1n) is 8.32. The second-order valence-corrected chi connectivity index (χ2v) is 6.21. The minimum atomic E-state index is 0.749. The first-order chi connectivity index (χ1) is 11.8. The van der Waals surface area contributed by atoms with E-state index in [9.17, 15) is 4.79 Å². The van der Waals surface area contributed by atoms with Crippen LogP contribution in [0.3, 0.4) is 0 Å². The van der Waals surface area contributed by atoms with Crippen LogP contribution in [0, 0.1) is 0 Å². The van der Waals surface area contributed by atoms with Crippen molar-refractivity contribution in [2.75, 3.05) is 4.90 Å². The minimum absolute atomic E-state index is 0.749. The Morgan fingerprint density at radius 1 is 0.792 bits per heavy atom. The molecule has 0 radical (unpaired) electrons. The lowest BCUT2D eigenvalue weighted by molar-refractivity contribution is 0.112. The molecule has 0 atom stereocenters. The van der Waals surface area contributed by atoms with Crippen LogP contribution in [0.15, 0.2) is 72.8 Å². The van der Waals surface area contributed by atoms with Crippen molar-refractivity contribution in [3.63, 3.8) is 0 Å². The molecular formula is C22H19NO. The molecule has 0 spiro atoms. The van der Waals surface area contributed by atoms with Crippen molar-refractivity contribution in [2.45, 2.75) is 19.4 Å². The zero-order chi connectivity index (χ0) is 16.4. The average Bonchev–Trinajstić information content (AvgIpc) is 2.80. The maximum absolute atomic E-state index is 11.2. The monoisotopic (exact) mass is 313 g/mol. The molecule has 1 aliphatic rings. The molecule has 0 unspecified atom stereocenters. The molecule has 0 aromatic heterocycles. The summed E-state index contributed by atoms with van der Waals surface area (Å²) in [5, 5.41) is 0. The van der Waals surface area contributed by atoms with E-state index in [1.807, 2.05) is 18.2 Å². The summed E-state index contributed by atoms with van der Waals surface area (Å²) in [6.45, 7) is 0.825. The van der Waals surface area contributed by atoms with Gasteiger partial charge in [0.2, 0.25) is 0 Å². The van der Waals surface area contributed by atoms with Crippen molar-refractivity contribution < 1.29 is 4.79 Å². The lowest BCUT2D eigenvalue weighted by atomic mass is 10.0. The summed E-state index contributed by atoms with van der Waals surface area (Å²) in [5.74, 6) is 0. The van der Waals surface area contributed by atoms with Gasteiger partial charge in [-0.3, -0.25) is 4.79 Å². The third-order valence-electron chi connectivity index (χ3n) is 4.66. The van der Waals surface area contributed by atoms with E-state index < -0.39 is 0 Å². The van der Waals surface area contributed by atoms with Crippen molar-refractivity contribution in [3.05, 3.63) is 95.1 Å². The third-order valence-corrected chi connectivity index (χ3v) is 4.66. The highest BCUT2D eigenvalue weighted by atomic mass is 16.1. The molecule has 0 amide bonds. The van der Waals surface area contributed by atoms with Crippen molar-refractivity contribution in [1.29, 1.82) is 0 Å². The number of para-hydroxylation sites is 1. The maximum atomic E-state index is 11.2. The predicted octanol–water partition coefficient (Wildman–Crippen LogP) is 4.94. The number of hydrogen-bond donors (Lipinski definition) is 0. The first kappa shape index (κ1) is 14.7. The summed E-state index contributed by atoms with van der Waals surface area (Å²) in [7, 11) is 0. The Labute approximate surface area is 142 Å². The Morgan fingerprint density at radius 3 is 2.33 bits per heavy atom. The van der Waals surface area contributed by atoms with Crippen LogP contribution in [-0.2, 0) is 19.4 Å². The smallest absolute Gasteiger partial charge is 0.150 e. The Hall–Kier alpha value is -2.87. The zero-order valence-electron chi connectivity index (χ0n) is 13.5. The van der Waals surface area contributed by atoms with E-state index in [2.05, 4.69) is 59.5 Å². The van der Waals surface area contributed by atoms with Crippen molar-refractivity contribution in [2.24, 2.45) is 0 Å². The largest absolute Gasteiger partial charge is 0.337 e. The fourth-order valence-corrected chi connectivity index (χ4v) is 3.46. The summed E-state index contributed by atoms with van der Waals surface area (Å²) in [6.07, 6.45) is 2.88. The Kier molecular flexibility index (Phi) is 3.87. The molecule has 4 rings (SSSR count). The number of rotatable bonds is 3. The molecule has 2 nitrogen and oxygen atoms in total. The molecule has 0 N–H and O–H groups in total. The summed E-state index contributed by atoms with van der Waals surface area (Å²) in [4.78, 5) is 13.5. The number of carbonyl (C=O) groups is 1. The molecule has 0 bridgehead atoms. The quantitative estimate of drug-likeness (QED) is 0.639. The zero-order valence-corrected chi connectivity index (χ0v) is 13.5. The van der Waals surface area contributed by atoms with E-state index >= 15 is 0 Å². The second kappa shape index (κ2) is 6.32. The summed E-state index contributed by atoms with van der Waals surface area (Å²) < 4.78 is 0. The number of anilines is 2. The van der Waals surface area contributed by atoms with Crippen LogP contribution in [0.1, 0.15) is 27.0 Å². The second-order valence-electron chi connectivity index (χ2n) is 6.21. The highest BCUT2D eigenvalue weighted by Crippen LogP contribution is 2.37. The van der Waals surface area contributed by atoms with Crippen molar-refractivity contribution in [3.8, 4) is 0 Å². The van der Waals surface area contributed by atoms with Crippen LogP contribution in [0.5, 0.6) is 0 Å². The number of fused-ring (bicyclic) bond motifs is 2. The van der Waals surface area contributed by atoms with Crippen LogP contribution in [0.2, 0.25) is 0 Å². The van der Waals surface area contributed by atoms with E-state index in [-0.39, 0.29) is 0 Å². The fraction of sp³-hybridized carbons (Fsp3) is 0.136. The number of carbonyl (C=O) groups excluding carboxylic acids is 1. The predicted molar refractivity (Wildman–Crippen MR) is 98.0 cm³/mol. The van der Waals surface area contributed by atoms with Gasteiger partial charge in [0, 0.05) is 23.5 Å². The first-order valence-corrected chi connectivity index (χ1v) is 8.32. The molecule has 1 heterocycles. The van der Waals surface area contributed by atoms with Gasteiger partial charge in [-0.1, -0.05) is 48.5 Å². The Bertz CT molecular complexity index is 870. The molecular weight excluding hydrogens is 294 g/mol. The molecule has 3 aromatic rings. The summed E-state index contributed by atoms with van der Waals surface area (Å²) in [6, 6.07) is 25.2. The average molecular weight is 313 g/mol. The van der Waals surface area contributed by atoms with Crippen LogP contribution < -0.4 is 4.90 Å². The standard InChI is InChI=1S/C22H19NO/c24-16-18-10-13-22-20(14-18)12-11-19-8-4-5-9-21(19)23(22)15-17-6-2-1-3-7-17/h1-10,13-14,16H,11-12,15H2. The van der Waals surface area contributed by atoms with Gasteiger partial charge in [0.05, 0.1) is 0 Å². The topological polar surface area (TPSA) is 20.3 Å². The number of aldehydes is 1. The van der Waals surface area contributed by atoms with Crippen molar-refractivity contribution >= 4 is 17.7 Å². The van der Waals surface area contributed by atoms with Gasteiger partial charge >= 0.3 is 0 Å². The van der Waals surface area contributed by atoms with Gasteiger partial charge < -0.3 is 4.90 Å². The van der Waals surface area contributed by atoms with Crippen LogP contribution >= 0.6 is 0 Å². The SMILES string of the molecule is O=Cc1ccc2c(c1)CCc1ccccc1N2Cc1ccccc1. The molecule has 0 saturated carbocycles. The van der Waals surface area contributed by atoms with Gasteiger partial charge in [0.25, 0.3) is 0 Å². The van der Waals surface area contributed by atoms with Gasteiger partial charge in [-0.15, -0.1) is 0 Å². The summed E-state index contributed by atoms with van der Waals surface area (Å²) >= 11 is 0. The molecule has 2 heteroatoms. The van der Waals surface area contributed by atoms with Crippen LogP contribution in [-0.4, -0.2) is 6.29 Å². The van der Waals surface area contributed by atoms with Gasteiger partial charge in [0.1, 0.15) is 6.29 Å². The molecule has 0 aliphatic carbocycles. The lowest BCUT2D eigenvalue weighted by Crippen LogP contribution is -2.17.